The number of anilines is 1. The Bertz CT molecular complexity index is 4130. The number of cyclic esters (lactones) is 1. The van der Waals surface area contributed by atoms with E-state index in [-0.39, 0.29) is 66.7 Å². The van der Waals surface area contributed by atoms with Crippen molar-refractivity contribution in [3.8, 4) is 11.3 Å². The predicted octanol–water partition coefficient (Wildman–Crippen LogP) is 11.9. The van der Waals surface area contributed by atoms with Gasteiger partial charge in [0, 0.05) is 140 Å². The summed E-state index contributed by atoms with van der Waals surface area (Å²) >= 11 is 0. The highest BCUT2D eigenvalue weighted by molar-refractivity contribution is 6.39. The van der Waals surface area contributed by atoms with E-state index in [9.17, 15) is 48.6 Å². The molecule has 0 radical (unpaired) electrons. The zero-order chi connectivity index (χ0) is 92.1. The number of carbonyl (C=O) groups excluding carboxylic acids is 8. The highest BCUT2D eigenvalue weighted by atomic mass is 16.6. The van der Waals surface area contributed by atoms with Gasteiger partial charge in [-0.1, -0.05) is 84.4 Å². The lowest BCUT2D eigenvalue weighted by atomic mass is 9.78. The summed E-state index contributed by atoms with van der Waals surface area (Å²) in [5, 5.41) is 30.2. The van der Waals surface area contributed by atoms with Gasteiger partial charge in [0.2, 0.25) is 5.79 Å². The van der Waals surface area contributed by atoms with E-state index in [0.29, 0.717) is 231 Å². The Hall–Kier alpha value is -7.80. The van der Waals surface area contributed by atoms with Crippen molar-refractivity contribution in [2.24, 2.45) is 35.5 Å². The number of carbonyl (C=O) groups is 8. The maximum absolute atomic E-state index is 14.6. The molecule has 2 saturated heterocycles. The van der Waals surface area contributed by atoms with Gasteiger partial charge in [0.15, 0.2) is 11.4 Å². The van der Waals surface area contributed by atoms with Crippen LogP contribution in [-0.4, -0.2) is 280 Å². The van der Waals surface area contributed by atoms with E-state index in [2.05, 4.69) is 19.9 Å². The number of allylic oxidation sites excluding steroid dienone is 6. The highest BCUT2D eigenvalue weighted by Crippen LogP contribution is 2.39. The number of ketones is 5. The third-order valence-electron chi connectivity index (χ3n) is 24.1. The van der Waals surface area contributed by atoms with Crippen LogP contribution in [0.1, 0.15) is 204 Å². The highest BCUT2D eigenvalue weighted by Gasteiger charge is 2.53. The summed E-state index contributed by atoms with van der Waals surface area (Å²) in [6.07, 6.45) is 21.8. The molecule has 3 aliphatic heterocycles. The maximum Gasteiger partial charge on any atom is 0.329 e. The fourth-order valence-electron chi connectivity index (χ4n) is 16.4. The number of ether oxygens (including phenoxy) is 14. The number of nitrogens with one attached hydrogen (secondary N) is 1. The molecule has 2 bridgehead atoms. The molecule has 15 atom stereocenters. The number of methoxy groups -OCH3 is 3. The number of nitrogen functional groups attached to an aromatic ring is 1. The molecule has 4 aromatic heterocycles. The van der Waals surface area contributed by atoms with E-state index in [4.69, 9.17) is 77.1 Å². The number of unbranched alkanes of at least 4 members (excludes halogenated alkanes) is 2. The van der Waals surface area contributed by atoms with Crippen LogP contribution in [0.25, 0.3) is 33.3 Å². The minimum atomic E-state index is -2.46. The molecule has 710 valence electrons. The smallest absolute Gasteiger partial charge is 0.329 e. The molecule has 4 aliphatic rings. The van der Waals surface area contributed by atoms with Gasteiger partial charge >= 0.3 is 11.9 Å². The Labute approximate surface area is 749 Å². The Morgan fingerprint density at radius 2 is 1.35 bits per heavy atom. The molecule has 5 N–H and O–H groups in total. The second kappa shape index (κ2) is 58.1. The number of aryl methyl sites for hydroxylation is 1. The van der Waals surface area contributed by atoms with Crippen molar-refractivity contribution >= 4 is 74.6 Å². The first kappa shape index (κ1) is 106. The van der Waals surface area contributed by atoms with Gasteiger partial charge in [0.05, 0.1) is 110 Å². The van der Waals surface area contributed by atoms with Crippen molar-refractivity contribution < 1.29 is 115 Å². The average Bonchev–Trinajstić information content (AvgIpc) is 1.33. The van der Waals surface area contributed by atoms with Crippen LogP contribution in [-0.2, 0) is 111 Å². The molecule has 1 amide bonds. The summed E-state index contributed by atoms with van der Waals surface area (Å²) in [4.78, 5) is 126. The van der Waals surface area contributed by atoms with E-state index in [1.54, 1.807) is 47.3 Å². The number of piperidine rings is 1. The molecular formula is C95H146N8O24. The zero-order valence-corrected chi connectivity index (χ0v) is 77.4. The number of Topliss-reactive ketones (excluding diaryl/α,β-unsaturated/α-hetero) is 5. The SMILES string of the molecule is CCC(=O)CCCOCCOCCOCCOCCC(=O)CCCCCn1nc(-c2cnc3[nH]ccc3c2)c2c(N)ncnc21.CCOCCOCCOCCOCCCC(=O)O[C@@H]1CC[C@@H](C[C@@H](C)[C@@H]2CC(=O)[C@H](C)/C=C(\C)[C@@H](O)[C@@H](OC)C(=O)[C@H](C)C[C@H](C)/C=C/C=C/C=C(\C)[C@@H](OC)C[C@@H]3CC[C@@H](C)[C@@](O)(O3)C(=O)C(=O)N3CCCC[C@H]3C(=O)O2)C[C@H]1OC. The van der Waals surface area contributed by atoms with Gasteiger partial charge in [-0.3, -0.25) is 33.6 Å². The summed E-state index contributed by atoms with van der Waals surface area (Å²) in [6.45, 7) is 24.8. The maximum atomic E-state index is 14.6. The van der Waals surface area contributed by atoms with E-state index in [0.717, 1.165) is 53.2 Å². The average molecular weight is 1780 g/mol. The van der Waals surface area contributed by atoms with Gasteiger partial charge in [0.25, 0.3) is 11.7 Å². The number of rotatable bonds is 45. The quantitative estimate of drug-likeness (QED) is 0.0138. The third-order valence-corrected chi connectivity index (χ3v) is 24.1. The van der Waals surface area contributed by atoms with Gasteiger partial charge in [-0.15, -0.1) is 0 Å². The van der Waals surface area contributed by atoms with Gasteiger partial charge in [-0.05, 0) is 152 Å². The van der Waals surface area contributed by atoms with Gasteiger partial charge < -0.3 is 92.1 Å². The van der Waals surface area contributed by atoms with Crippen LogP contribution in [0.5, 0.6) is 0 Å². The van der Waals surface area contributed by atoms with Crippen LogP contribution in [0.4, 0.5) is 5.82 Å². The van der Waals surface area contributed by atoms with Crippen LogP contribution in [0, 0.1) is 35.5 Å². The van der Waals surface area contributed by atoms with E-state index in [1.807, 2.05) is 94.9 Å². The monoisotopic (exact) mass is 1780 g/mol. The number of amides is 1. The molecule has 3 fully saturated rings. The number of H-pyrrole nitrogens is 1. The van der Waals surface area contributed by atoms with Crippen molar-refractivity contribution in [3.05, 3.63) is 78.5 Å². The normalized spacial score (nSPS) is 26.3. The molecule has 4 aromatic rings. The minimum Gasteiger partial charge on any atom is -0.460 e. The molecule has 32 nitrogen and oxygen atoms in total. The number of fused-ring (bicyclic) bond motifs is 5. The lowest BCUT2D eigenvalue weighted by Crippen LogP contribution is -2.61. The predicted molar refractivity (Wildman–Crippen MR) is 478 cm³/mol. The molecule has 7 heterocycles. The lowest BCUT2D eigenvalue weighted by Gasteiger charge is -2.42. The number of esters is 2. The van der Waals surface area contributed by atoms with E-state index >= 15 is 0 Å². The summed E-state index contributed by atoms with van der Waals surface area (Å²) < 4.78 is 81.5. The second-order valence-electron chi connectivity index (χ2n) is 33.9. The van der Waals surface area contributed by atoms with E-state index < -0.39 is 95.9 Å². The molecule has 1 saturated carbocycles. The lowest BCUT2D eigenvalue weighted by molar-refractivity contribution is -0.265. The summed E-state index contributed by atoms with van der Waals surface area (Å²) in [5.41, 5.74) is 10.5. The number of hydrogen-bond donors (Lipinski definition) is 4. The third kappa shape index (κ3) is 35.4. The number of aromatic nitrogens is 6. The number of aliphatic hydroxyl groups excluding tert-OH is 1. The van der Waals surface area contributed by atoms with Crippen molar-refractivity contribution in [1.82, 2.24) is 34.6 Å². The first-order valence-corrected chi connectivity index (χ1v) is 46.0. The van der Waals surface area contributed by atoms with Gasteiger partial charge in [-0.25, -0.2) is 24.4 Å². The molecule has 32 heteroatoms. The fourth-order valence-corrected chi connectivity index (χ4v) is 16.4. The molecule has 1 aliphatic carbocycles. The van der Waals surface area contributed by atoms with Crippen LogP contribution < -0.4 is 5.73 Å². The van der Waals surface area contributed by atoms with Crippen molar-refractivity contribution in [1.29, 1.82) is 0 Å². The van der Waals surface area contributed by atoms with Gasteiger partial charge in [0.1, 0.15) is 71.3 Å². The fraction of sp³-hybridized carbons (Fsp3) is 0.705. The van der Waals surface area contributed by atoms with E-state index in [1.165, 1.54) is 18.3 Å². The largest absolute Gasteiger partial charge is 0.460 e. The Balaban J connectivity index is 0.000000411. The van der Waals surface area contributed by atoms with Crippen molar-refractivity contribution in [2.45, 2.75) is 265 Å². The number of aromatic amines is 1. The summed E-state index contributed by atoms with van der Waals surface area (Å²) in [5.74, 6) is -7.88. The summed E-state index contributed by atoms with van der Waals surface area (Å²) in [7, 11) is 4.53. The molecule has 0 aromatic carbocycles. The number of nitrogens with zero attached hydrogens (tertiary/aromatic N) is 6. The van der Waals surface area contributed by atoms with Gasteiger partial charge in [-0.2, -0.15) is 5.10 Å². The minimum absolute atomic E-state index is 0.00156. The molecule has 127 heavy (non-hydrogen) atoms. The Morgan fingerprint density at radius 1 is 0.685 bits per heavy atom. The Morgan fingerprint density at radius 3 is 2.01 bits per heavy atom. The standard InChI is InChI=1S/C63H101NO18.C32H45N7O6/c1-12-76-29-30-78-33-34-79-32-31-77-28-18-22-56(66)80-52-26-24-48(38-55(52)74-10)37-44(5)54-40-51(65)43(4)36-46(7)58(68)59(75-11)57(67)45(6)35-41(2)19-14-13-15-20-42(3)53(73-9)39-49-25-23-47(8)63(72,82-49)60(69)61(70)64-27-17-16-21-50(64)62(71)81-54;1-2-26(40)8-6-13-42-15-17-44-19-20-45-18-16-43-14-10-27(41)7-4-3-5-12-39-32-28(30(33)36-23-37-32)29(38-39)25-21-24-9-11-34-31(24)35-22-25/h13-15,19-20,36,41,43-45,47-50,52-55,58-59,68,72H,12,16-18,21-35,37-40H2,1-11H3;9,11,21-23H,2-8,10,12-20H2,1H3,(H,34,35)(H2,33,36,37)/b15-13+,19-14+,42-20+,46-36+;/t41-,43-,44-,45-,47-,48+,49+,50+,52-,53+,54+,55-,58-,59+,63-;/m1./s1. The number of pyridine rings is 1. The zero-order valence-electron chi connectivity index (χ0n) is 77.4. The molecule has 8 rings (SSSR count). The first-order chi connectivity index (χ1) is 61.2. The van der Waals surface area contributed by atoms with Crippen LogP contribution in [0.2, 0.25) is 0 Å². The first-order valence-electron chi connectivity index (χ1n) is 46.0. The number of hydrogen-bond acceptors (Lipinski definition) is 29. The topological polar surface area (TPSA) is 408 Å². The van der Waals surface area contributed by atoms with Crippen LogP contribution in [0.15, 0.2) is 78.5 Å². The Kier molecular flexibility index (Phi) is 48.6. The van der Waals surface area contributed by atoms with Crippen molar-refractivity contribution in [2.75, 3.05) is 139 Å². The van der Waals surface area contributed by atoms with Crippen LogP contribution >= 0.6 is 0 Å². The molecular weight excluding hydrogens is 1640 g/mol. The number of nitrogens with two attached hydrogens (primary N) is 1. The molecule has 0 unspecified atom stereocenters. The van der Waals surface area contributed by atoms with Crippen LogP contribution in [0.3, 0.4) is 0 Å². The second-order valence-corrected chi connectivity index (χ2v) is 33.9. The number of aliphatic hydroxyl groups is 2. The summed E-state index contributed by atoms with van der Waals surface area (Å²) in [6, 6.07) is 2.81. The van der Waals surface area contributed by atoms with Crippen molar-refractivity contribution in [3.63, 3.8) is 0 Å². The molecule has 0 spiro atoms.